The Labute approximate surface area is 109 Å². The van der Waals surface area contributed by atoms with Gasteiger partial charge in [0.1, 0.15) is 0 Å². The Hall–Kier alpha value is 0.150. The van der Waals surface area contributed by atoms with Gasteiger partial charge in [-0.25, -0.2) is 4.39 Å². The molecule has 5 fully saturated rings. The molecule has 7 atom stereocenters. The normalized spacial score (nSPS) is 68.6. The first kappa shape index (κ1) is 9.12. The van der Waals surface area contributed by atoms with Crippen LogP contribution in [0.15, 0.2) is 12.2 Å². The number of alkyl halides is 2. The molecule has 0 unspecified atom stereocenters. The minimum absolute atomic E-state index is 0.368. The lowest BCUT2D eigenvalue weighted by molar-refractivity contribution is 0.165. The highest BCUT2D eigenvalue weighted by Crippen LogP contribution is 2.92. The summed E-state index contributed by atoms with van der Waals surface area (Å²) in [7, 11) is 0. The summed E-state index contributed by atoms with van der Waals surface area (Å²) >= 11 is 3.42. The van der Waals surface area contributed by atoms with Gasteiger partial charge in [0.05, 0.1) is 0 Å². The van der Waals surface area contributed by atoms with E-state index in [0.717, 1.165) is 17.8 Å². The van der Waals surface area contributed by atoms with Crippen LogP contribution in [0, 0.1) is 46.3 Å². The van der Waals surface area contributed by atoms with Gasteiger partial charge < -0.3 is 0 Å². The Kier molecular flexibility index (Phi) is 1.12. The first-order valence-electron chi connectivity index (χ1n) is 7.19. The summed E-state index contributed by atoms with van der Waals surface area (Å²) < 4.78 is 13.6. The Balaban J connectivity index is 1.57. The van der Waals surface area contributed by atoms with Crippen molar-refractivity contribution < 1.29 is 4.39 Å². The first-order valence-corrected chi connectivity index (χ1v) is 7.98. The van der Waals surface area contributed by atoms with Crippen molar-refractivity contribution in [3.05, 3.63) is 12.2 Å². The van der Waals surface area contributed by atoms with Gasteiger partial charge >= 0.3 is 0 Å². The highest BCUT2D eigenvalue weighted by Gasteiger charge is 2.90. The zero-order chi connectivity index (χ0) is 11.2. The number of hydrogen-bond acceptors (Lipinski definition) is 0. The fourth-order valence-electron chi connectivity index (χ4n) is 6.86. The van der Waals surface area contributed by atoms with Gasteiger partial charge in [-0.3, -0.25) is 0 Å². The lowest BCUT2D eigenvalue weighted by atomic mass is 9.74. The van der Waals surface area contributed by atoms with Crippen LogP contribution in [0.4, 0.5) is 4.39 Å². The van der Waals surface area contributed by atoms with E-state index in [1.54, 1.807) is 0 Å². The molecule has 6 rings (SSSR count). The van der Waals surface area contributed by atoms with Crippen LogP contribution >= 0.6 is 15.9 Å². The number of rotatable bonds is 0. The molecular formula is C15H16BrF. The van der Waals surface area contributed by atoms with Crippen LogP contribution < -0.4 is 0 Å². The summed E-state index contributed by atoms with van der Waals surface area (Å²) in [6.07, 6.45) is 10.5. The number of fused-ring (bicyclic) bond motifs is 7. The highest BCUT2D eigenvalue weighted by molar-refractivity contribution is 9.10. The van der Waals surface area contributed by atoms with Gasteiger partial charge in [-0.15, -0.1) is 0 Å². The van der Waals surface area contributed by atoms with Crippen molar-refractivity contribution >= 4 is 15.9 Å². The molecule has 2 spiro atoms. The van der Waals surface area contributed by atoms with Gasteiger partial charge in [-0.05, 0) is 76.1 Å². The molecule has 0 radical (unpaired) electrons. The molecule has 0 aromatic heterocycles. The van der Waals surface area contributed by atoms with Crippen molar-refractivity contribution in [1.82, 2.24) is 0 Å². The molecule has 6 aliphatic carbocycles. The average Bonchev–Trinajstić information content (AvgIpc) is 3.13. The van der Waals surface area contributed by atoms with Crippen molar-refractivity contribution in [1.29, 1.82) is 0 Å². The summed E-state index contributed by atoms with van der Waals surface area (Å²) in [6, 6.07) is 0. The molecule has 90 valence electrons. The van der Waals surface area contributed by atoms with E-state index in [4.69, 9.17) is 0 Å². The van der Waals surface area contributed by atoms with E-state index in [-0.39, 0.29) is 0 Å². The van der Waals surface area contributed by atoms with E-state index in [9.17, 15) is 4.39 Å². The van der Waals surface area contributed by atoms with Crippen molar-refractivity contribution in [2.24, 2.45) is 46.3 Å². The molecule has 0 nitrogen and oxygen atoms in total. The van der Waals surface area contributed by atoms with Crippen LogP contribution in [0.5, 0.6) is 0 Å². The van der Waals surface area contributed by atoms with Crippen molar-refractivity contribution in [3.63, 3.8) is 0 Å². The second-order valence-corrected chi connectivity index (χ2v) is 8.90. The maximum absolute atomic E-state index is 14.6. The van der Waals surface area contributed by atoms with Crippen LogP contribution in [0.2, 0.25) is 0 Å². The van der Waals surface area contributed by atoms with Gasteiger partial charge in [-0.2, -0.15) is 0 Å². The van der Waals surface area contributed by atoms with Crippen LogP contribution in [-0.4, -0.2) is 4.58 Å². The summed E-state index contributed by atoms with van der Waals surface area (Å²) in [5.74, 6) is 3.91. The minimum atomic E-state index is -0.973. The predicted molar refractivity (Wildman–Crippen MR) is 66.2 cm³/mol. The Morgan fingerprint density at radius 3 is 2.24 bits per heavy atom. The van der Waals surface area contributed by atoms with Gasteiger partial charge in [0, 0.05) is 11.8 Å². The van der Waals surface area contributed by atoms with E-state index in [2.05, 4.69) is 28.1 Å². The number of allylic oxidation sites excluding steroid dienone is 2. The largest absolute Gasteiger partial charge is 0.231 e. The van der Waals surface area contributed by atoms with Crippen molar-refractivity contribution in [3.8, 4) is 0 Å². The van der Waals surface area contributed by atoms with Crippen LogP contribution in [0.3, 0.4) is 0 Å². The third-order valence-electron chi connectivity index (χ3n) is 7.53. The molecule has 0 aliphatic heterocycles. The monoisotopic (exact) mass is 294 g/mol. The minimum Gasteiger partial charge on any atom is -0.231 e. The SMILES string of the molecule is F[C@]1(Br)[C@@H]2[C@H]3[C@H]([C@@H]4C=C[C@H]3C43CC3)C3(CC3)[C@H]21. The van der Waals surface area contributed by atoms with Crippen molar-refractivity contribution in [2.45, 2.75) is 30.3 Å². The van der Waals surface area contributed by atoms with E-state index in [1.807, 2.05) is 0 Å². The van der Waals surface area contributed by atoms with Gasteiger partial charge in [0.15, 0.2) is 4.58 Å². The highest BCUT2D eigenvalue weighted by atomic mass is 79.9. The molecule has 0 aromatic carbocycles. The second kappa shape index (κ2) is 2.09. The smallest absolute Gasteiger partial charge is 0.172 e. The Morgan fingerprint density at radius 2 is 1.59 bits per heavy atom. The quantitative estimate of drug-likeness (QED) is 0.469. The standard InChI is InChI=1S/C15H16BrF/c16-15(17)11-9-7-1-2-8(13(7)3-4-13)10(9)14(5-6-14)12(11)15/h1-2,7-12H,3-6H2/t7-,8+,9-,10+,11-,12+,15-/m1/s1. The fourth-order valence-corrected chi connectivity index (χ4v) is 8.04. The van der Waals surface area contributed by atoms with E-state index in [0.29, 0.717) is 28.6 Å². The van der Waals surface area contributed by atoms with Gasteiger partial charge in [-0.1, -0.05) is 12.2 Å². The molecule has 0 saturated heterocycles. The third-order valence-corrected chi connectivity index (χ3v) is 8.55. The number of halogens is 2. The molecule has 0 N–H and O–H groups in total. The maximum atomic E-state index is 14.6. The molecular weight excluding hydrogens is 279 g/mol. The second-order valence-electron chi connectivity index (χ2n) is 7.68. The molecule has 0 aromatic rings. The van der Waals surface area contributed by atoms with Crippen molar-refractivity contribution in [2.75, 3.05) is 0 Å². The molecule has 0 amide bonds. The zero-order valence-corrected chi connectivity index (χ0v) is 11.3. The summed E-state index contributed by atoms with van der Waals surface area (Å²) in [4.78, 5) is 0. The van der Waals surface area contributed by atoms with E-state index >= 15 is 0 Å². The summed E-state index contributed by atoms with van der Waals surface area (Å²) in [5.41, 5.74) is 1.08. The Bertz CT molecular complexity index is 485. The lowest BCUT2D eigenvalue weighted by Crippen LogP contribution is -2.29. The zero-order valence-electron chi connectivity index (χ0n) is 9.70. The maximum Gasteiger partial charge on any atom is 0.172 e. The average molecular weight is 295 g/mol. The number of hydrogen-bond donors (Lipinski definition) is 0. The van der Waals surface area contributed by atoms with Crippen LogP contribution in [-0.2, 0) is 0 Å². The Morgan fingerprint density at radius 1 is 0.941 bits per heavy atom. The third kappa shape index (κ3) is 0.676. The topological polar surface area (TPSA) is 0 Å². The first-order chi connectivity index (χ1) is 8.13. The summed E-state index contributed by atoms with van der Waals surface area (Å²) in [5, 5.41) is 0. The van der Waals surface area contributed by atoms with E-state index < -0.39 is 4.58 Å². The lowest BCUT2D eigenvalue weighted by Gasteiger charge is -2.31. The van der Waals surface area contributed by atoms with E-state index in [1.165, 1.54) is 25.7 Å². The van der Waals surface area contributed by atoms with Gasteiger partial charge in [0.25, 0.3) is 0 Å². The molecule has 6 aliphatic rings. The molecule has 2 bridgehead atoms. The van der Waals surface area contributed by atoms with Gasteiger partial charge in [0.2, 0.25) is 0 Å². The molecule has 5 saturated carbocycles. The summed E-state index contributed by atoms with van der Waals surface area (Å²) in [6.45, 7) is 0. The molecule has 17 heavy (non-hydrogen) atoms. The molecule has 0 heterocycles. The van der Waals surface area contributed by atoms with Crippen LogP contribution in [0.1, 0.15) is 25.7 Å². The fraction of sp³-hybridized carbons (Fsp3) is 0.867. The predicted octanol–water partition coefficient (Wildman–Crippen LogP) is 3.92. The van der Waals surface area contributed by atoms with Crippen LogP contribution in [0.25, 0.3) is 0 Å². The molecule has 2 heteroatoms.